The van der Waals surface area contributed by atoms with Crippen molar-refractivity contribution in [3.63, 3.8) is 0 Å². The first-order valence-electron chi connectivity index (χ1n) is 10.6. The van der Waals surface area contributed by atoms with Gasteiger partial charge in [0.2, 0.25) is 5.28 Å². The lowest BCUT2D eigenvalue weighted by Gasteiger charge is -2.25. The molecule has 17 heteroatoms. The third-order valence-corrected chi connectivity index (χ3v) is 9.96. The van der Waals surface area contributed by atoms with Gasteiger partial charge in [0.25, 0.3) is 7.52 Å². The highest BCUT2D eigenvalue weighted by molar-refractivity contribution is 7.71. The van der Waals surface area contributed by atoms with E-state index < -0.39 is 52.1 Å². The van der Waals surface area contributed by atoms with Crippen molar-refractivity contribution < 1.29 is 38.8 Å². The molecule has 2 aliphatic rings. The van der Waals surface area contributed by atoms with Gasteiger partial charge in [-0.25, -0.2) is 10.1 Å². The van der Waals surface area contributed by atoms with Crippen molar-refractivity contribution in [2.45, 2.75) is 56.3 Å². The van der Waals surface area contributed by atoms with Crippen LogP contribution in [-0.2, 0) is 13.9 Å². The van der Waals surface area contributed by atoms with Gasteiger partial charge in [-0.15, -0.1) is 0 Å². The summed E-state index contributed by atoms with van der Waals surface area (Å²) in [7, 11) is -7.26. The van der Waals surface area contributed by atoms with Crippen molar-refractivity contribution in [1.82, 2.24) is 24.6 Å². The minimum atomic E-state index is -4.75. The zero-order valence-electron chi connectivity index (χ0n) is 18.2. The smallest absolute Gasteiger partial charge is 0.336 e. The van der Waals surface area contributed by atoms with Crippen molar-refractivity contribution >= 4 is 43.7 Å². The number of aliphatic hydroxyl groups is 2. The molecule has 1 saturated carbocycles. The Labute approximate surface area is 199 Å². The van der Waals surface area contributed by atoms with Crippen LogP contribution in [0, 0.1) is 0 Å². The number of anilines is 1. The molecule has 14 nitrogen and oxygen atoms in total. The quantitative estimate of drug-likeness (QED) is 0.198. The molecule has 0 spiro atoms. The number of hydrogen-bond acceptors (Lipinski definition) is 9. The Balaban J connectivity index is 1.56. The van der Waals surface area contributed by atoms with Crippen molar-refractivity contribution in [1.29, 1.82) is 0 Å². The molecule has 1 aliphatic carbocycles. The van der Waals surface area contributed by atoms with Gasteiger partial charge in [-0.3, -0.25) is 13.7 Å². The molecule has 5 unspecified atom stereocenters. The molecule has 5 atom stereocenters. The summed E-state index contributed by atoms with van der Waals surface area (Å²) in [6.07, 6.45) is 0.422. The van der Waals surface area contributed by atoms with E-state index in [0.717, 1.165) is 25.7 Å². The van der Waals surface area contributed by atoms with Crippen molar-refractivity contribution in [3.05, 3.63) is 11.6 Å². The van der Waals surface area contributed by atoms with E-state index in [9.17, 15) is 24.2 Å². The molecule has 6 N–H and O–H groups in total. The number of aliphatic hydroxyl groups excluding tert-OH is 2. The topological polar surface area (TPSA) is 203 Å². The molecule has 1 saturated heterocycles. The summed E-state index contributed by atoms with van der Waals surface area (Å²) in [6, 6.07) is 0.284. The molecular weight excluding hydrogens is 514 g/mol. The summed E-state index contributed by atoms with van der Waals surface area (Å²) in [5.74, 6) is -0.737. The Morgan fingerprint density at radius 3 is 2.53 bits per heavy atom. The van der Waals surface area contributed by atoms with Gasteiger partial charge < -0.3 is 34.5 Å². The Morgan fingerprint density at radius 2 is 1.88 bits per heavy atom. The summed E-state index contributed by atoms with van der Waals surface area (Å²) in [5, 5.41) is 23.1. The third kappa shape index (κ3) is 5.46. The van der Waals surface area contributed by atoms with Crippen LogP contribution in [0.3, 0.4) is 0 Å². The van der Waals surface area contributed by atoms with Crippen LogP contribution in [0.25, 0.3) is 11.2 Å². The van der Waals surface area contributed by atoms with Crippen LogP contribution in [0.2, 0.25) is 5.28 Å². The number of aromatic nitrogens is 4. The molecule has 34 heavy (non-hydrogen) atoms. The first kappa shape index (κ1) is 25.9. The van der Waals surface area contributed by atoms with Crippen LogP contribution >= 0.6 is 26.7 Å². The molecule has 0 radical (unpaired) electrons. The van der Waals surface area contributed by atoms with Gasteiger partial charge in [-0.2, -0.15) is 9.97 Å². The van der Waals surface area contributed by atoms with Crippen LogP contribution in [0.15, 0.2) is 6.33 Å². The zero-order chi connectivity index (χ0) is 24.8. The molecule has 190 valence electrons. The Bertz CT molecular complexity index is 1140. The summed E-state index contributed by atoms with van der Waals surface area (Å²) in [5.41, 5.74) is 0.714. The fraction of sp³-hybridized carbons (Fsp3) is 0.706. The number of hydrogen-bond donors (Lipinski definition) is 6. The van der Waals surface area contributed by atoms with Crippen LogP contribution in [0.4, 0.5) is 5.82 Å². The number of ether oxygens (including phenoxy) is 1. The average molecular weight is 541 g/mol. The second-order valence-electron chi connectivity index (χ2n) is 8.61. The Hall–Kier alpha value is -1.18. The van der Waals surface area contributed by atoms with Gasteiger partial charge in [0.15, 0.2) is 23.2 Å². The van der Waals surface area contributed by atoms with E-state index >= 15 is 0 Å². The van der Waals surface area contributed by atoms with Gasteiger partial charge in [0.1, 0.15) is 24.2 Å². The van der Waals surface area contributed by atoms with Crippen LogP contribution < -0.4 is 9.99 Å². The van der Waals surface area contributed by atoms with Gasteiger partial charge >= 0.3 is 7.60 Å². The second kappa shape index (κ2) is 9.70. The van der Waals surface area contributed by atoms with Crippen LogP contribution in [0.1, 0.15) is 31.9 Å². The maximum atomic E-state index is 12.0. The maximum Gasteiger partial charge on any atom is 0.336 e. The van der Waals surface area contributed by atoms with Gasteiger partial charge in [0.05, 0.1) is 6.33 Å². The van der Waals surface area contributed by atoms with Gasteiger partial charge in [-0.05, 0) is 24.4 Å². The molecule has 0 bridgehead atoms. The number of imidazole rings is 1. The number of halogens is 1. The number of nitrogens with one attached hydrogen (secondary N) is 1. The number of fused-ring (bicyclic) bond motifs is 1. The standard InChI is InChI=1S/C17H27ClN6O8P2/c1-23(9-4-2-3-5-9)14-11-15(22-17(18)21-14)24(7-19-11)16-13(26)12(25)10(32-16)6-20-33(27,28)8-34(29,30)31/h7,9-10,12-13,16,25-26H,2-6,8H2,1H3,(H2,20,27,28)(H2,29,30,31). The molecule has 4 rings (SSSR count). The molecule has 2 fully saturated rings. The number of rotatable bonds is 8. The van der Waals surface area contributed by atoms with Gasteiger partial charge in [-0.1, -0.05) is 12.8 Å². The maximum absolute atomic E-state index is 12.0. The normalized spacial score (nSPS) is 28.0. The molecule has 2 aromatic heterocycles. The van der Waals surface area contributed by atoms with Crippen molar-refractivity contribution in [3.8, 4) is 0 Å². The molecular formula is C17H27ClN6O8P2. The third-order valence-electron chi connectivity index (χ3n) is 6.11. The monoisotopic (exact) mass is 540 g/mol. The molecule has 3 heterocycles. The summed E-state index contributed by atoms with van der Waals surface area (Å²) >= 11 is 6.18. The predicted octanol–water partition coefficient (Wildman–Crippen LogP) is 0.388. The first-order valence-corrected chi connectivity index (χ1v) is 14.6. The lowest BCUT2D eigenvalue weighted by molar-refractivity contribution is -0.0331. The fourth-order valence-corrected chi connectivity index (χ4v) is 7.46. The Morgan fingerprint density at radius 1 is 1.21 bits per heavy atom. The molecule has 0 aromatic carbocycles. The van der Waals surface area contributed by atoms with Crippen LogP contribution in [-0.4, -0.2) is 88.3 Å². The summed E-state index contributed by atoms with van der Waals surface area (Å²) in [4.78, 5) is 42.6. The molecule has 0 amide bonds. The minimum Gasteiger partial charge on any atom is -0.387 e. The zero-order valence-corrected chi connectivity index (χ0v) is 20.7. The Kier molecular flexibility index (Phi) is 7.39. The minimum absolute atomic E-state index is 0.0287. The lowest BCUT2D eigenvalue weighted by Crippen LogP contribution is -2.37. The van der Waals surface area contributed by atoms with E-state index in [0.29, 0.717) is 11.3 Å². The van der Waals surface area contributed by atoms with E-state index in [1.165, 1.54) is 10.9 Å². The SMILES string of the molecule is CN(c1nc(Cl)nc2c1ncn2C1OC(CNP(=O)(O)CP(=O)(O)O)C(O)C1O)C1CCCC1. The van der Waals surface area contributed by atoms with Crippen molar-refractivity contribution in [2.75, 3.05) is 24.4 Å². The summed E-state index contributed by atoms with van der Waals surface area (Å²) < 4.78 is 30.2. The van der Waals surface area contributed by atoms with E-state index in [2.05, 4.69) is 20.0 Å². The average Bonchev–Trinajstić information content (AvgIpc) is 3.45. The highest BCUT2D eigenvalue weighted by Gasteiger charge is 2.45. The first-order chi connectivity index (χ1) is 15.9. The van der Waals surface area contributed by atoms with E-state index in [-0.39, 0.29) is 17.0 Å². The fourth-order valence-electron chi connectivity index (χ4n) is 4.43. The van der Waals surface area contributed by atoms with E-state index in [4.69, 9.17) is 26.1 Å². The lowest BCUT2D eigenvalue weighted by atomic mass is 10.1. The predicted molar refractivity (Wildman–Crippen MR) is 122 cm³/mol. The highest BCUT2D eigenvalue weighted by atomic mass is 35.5. The van der Waals surface area contributed by atoms with E-state index in [1.807, 2.05) is 11.9 Å². The van der Waals surface area contributed by atoms with E-state index in [1.54, 1.807) is 0 Å². The number of nitrogens with zero attached hydrogens (tertiary/aromatic N) is 5. The van der Waals surface area contributed by atoms with Gasteiger partial charge in [0, 0.05) is 19.6 Å². The molecule has 2 aromatic rings. The summed E-state index contributed by atoms with van der Waals surface area (Å²) in [6.45, 7) is -0.444. The largest absolute Gasteiger partial charge is 0.387 e. The van der Waals surface area contributed by atoms with Crippen LogP contribution in [0.5, 0.6) is 0 Å². The highest BCUT2D eigenvalue weighted by Crippen LogP contribution is 2.52. The molecule has 1 aliphatic heterocycles. The second-order valence-corrected chi connectivity index (χ2v) is 13.1. The van der Waals surface area contributed by atoms with Crippen molar-refractivity contribution in [2.24, 2.45) is 0 Å².